The van der Waals surface area contributed by atoms with Gasteiger partial charge in [-0.15, -0.1) is 0 Å². The standard InChI is InChI=1S/C7H14N4O2/c1-7(2,3)13-6(12)9-4-5-10-11-8/h4-5H2,1-3H3,(H,9,12). The van der Waals surface area contributed by atoms with E-state index in [0.29, 0.717) is 6.54 Å². The minimum absolute atomic E-state index is 0.232. The van der Waals surface area contributed by atoms with Gasteiger partial charge in [0.15, 0.2) is 0 Å². The fourth-order valence-electron chi connectivity index (χ4n) is 0.567. The summed E-state index contributed by atoms with van der Waals surface area (Å²) >= 11 is 0. The summed E-state index contributed by atoms with van der Waals surface area (Å²) in [6.07, 6.45) is -0.499. The highest BCUT2D eigenvalue weighted by Gasteiger charge is 2.14. The van der Waals surface area contributed by atoms with Gasteiger partial charge in [-0.2, -0.15) is 0 Å². The topological polar surface area (TPSA) is 87.1 Å². The quantitative estimate of drug-likeness (QED) is 0.315. The van der Waals surface area contributed by atoms with Crippen LogP contribution in [0.1, 0.15) is 20.8 Å². The van der Waals surface area contributed by atoms with E-state index in [9.17, 15) is 4.79 Å². The van der Waals surface area contributed by atoms with Crippen molar-refractivity contribution in [2.75, 3.05) is 13.1 Å². The molecule has 0 saturated heterocycles. The van der Waals surface area contributed by atoms with E-state index >= 15 is 0 Å². The van der Waals surface area contributed by atoms with Gasteiger partial charge in [0.05, 0.1) is 0 Å². The molecule has 0 aromatic rings. The van der Waals surface area contributed by atoms with Gasteiger partial charge in [-0.05, 0) is 26.3 Å². The smallest absolute Gasteiger partial charge is 0.407 e. The van der Waals surface area contributed by atoms with Crippen molar-refractivity contribution in [2.45, 2.75) is 26.4 Å². The van der Waals surface area contributed by atoms with E-state index in [0.717, 1.165) is 0 Å². The molecular formula is C7H14N4O2. The Morgan fingerprint density at radius 2 is 2.23 bits per heavy atom. The van der Waals surface area contributed by atoms with Gasteiger partial charge in [-0.25, -0.2) is 4.79 Å². The molecule has 0 fully saturated rings. The first kappa shape index (κ1) is 11.6. The predicted octanol–water partition coefficient (Wildman–Crippen LogP) is 1.82. The van der Waals surface area contributed by atoms with Crippen LogP contribution in [0.5, 0.6) is 0 Å². The Bertz CT molecular complexity index is 215. The van der Waals surface area contributed by atoms with E-state index in [1.165, 1.54) is 0 Å². The number of rotatable bonds is 3. The molecule has 74 valence electrons. The first-order chi connectivity index (χ1) is 5.95. The van der Waals surface area contributed by atoms with E-state index in [1.807, 2.05) is 0 Å². The Kier molecular flexibility index (Phi) is 4.69. The molecule has 0 atom stereocenters. The van der Waals surface area contributed by atoms with E-state index in [1.54, 1.807) is 20.8 Å². The van der Waals surface area contributed by atoms with Crippen LogP contribution in [0.3, 0.4) is 0 Å². The summed E-state index contributed by atoms with van der Waals surface area (Å²) in [4.78, 5) is 13.5. The van der Waals surface area contributed by atoms with Gasteiger partial charge < -0.3 is 10.1 Å². The first-order valence-electron chi connectivity index (χ1n) is 3.93. The number of hydrogen-bond acceptors (Lipinski definition) is 3. The van der Waals surface area contributed by atoms with Crippen molar-refractivity contribution < 1.29 is 9.53 Å². The number of ether oxygens (including phenoxy) is 1. The second-order valence-electron chi connectivity index (χ2n) is 3.38. The highest BCUT2D eigenvalue weighted by molar-refractivity contribution is 5.67. The third kappa shape index (κ3) is 8.49. The number of nitrogens with zero attached hydrogens (tertiary/aromatic N) is 3. The van der Waals surface area contributed by atoms with Gasteiger partial charge in [-0.1, -0.05) is 5.11 Å². The summed E-state index contributed by atoms with van der Waals surface area (Å²) in [5.41, 5.74) is 7.43. The third-order valence-corrected chi connectivity index (χ3v) is 0.943. The average Bonchev–Trinajstić information content (AvgIpc) is 1.94. The Hall–Kier alpha value is -1.42. The highest BCUT2D eigenvalue weighted by atomic mass is 16.6. The second kappa shape index (κ2) is 5.27. The molecule has 0 rings (SSSR count). The normalized spacial score (nSPS) is 10.1. The van der Waals surface area contributed by atoms with Crippen LogP contribution >= 0.6 is 0 Å². The summed E-state index contributed by atoms with van der Waals surface area (Å²) in [6, 6.07) is 0. The van der Waals surface area contributed by atoms with Gasteiger partial charge >= 0.3 is 6.09 Å². The Morgan fingerprint density at radius 3 is 2.69 bits per heavy atom. The molecule has 1 N–H and O–H groups in total. The van der Waals surface area contributed by atoms with Crippen molar-refractivity contribution in [3.8, 4) is 0 Å². The molecule has 1 amide bonds. The monoisotopic (exact) mass is 186 g/mol. The molecule has 0 unspecified atom stereocenters. The van der Waals surface area contributed by atoms with E-state index in [-0.39, 0.29) is 6.54 Å². The van der Waals surface area contributed by atoms with Crippen molar-refractivity contribution in [1.82, 2.24) is 5.32 Å². The van der Waals surface area contributed by atoms with Gasteiger partial charge in [0, 0.05) is 18.0 Å². The van der Waals surface area contributed by atoms with Crippen LogP contribution in [0.2, 0.25) is 0 Å². The maximum atomic E-state index is 11.0. The molecule has 0 saturated carbocycles. The Labute approximate surface area is 76.9 Å². The summed E-state index contributed by atoms with van der Waals surface area (Å²) in [5, 5.41) is 5.70. The maximum Gasteiger partial charge on any atom is 0.407 e. The number of amides is 1. The van der Waals surface area contributed by atoms with Crippen LogP contribution in [-0.2, 0) is 4.74 Å². The summed E-state index contributed by atoms with van der Waals surface area (Å²) < 4.78 is 4.93. The number of nitrogens with one attached hydrogen (secondary N) is 1. The lowest BCUT2D eigenvalue weighted by Crippen LogP contribution is -2.33. The molecule has 0 aliphatic carbocycles. The zero-order valence-electron chi connectivity index (χ0n) is 8.07. The van der Waals surface area contributed by atoms with Crippen LogP contribution in [0, 0.1) is 0 Å². The molecule has 6 heteroatoms. The number of carbonyl (C=O) groups excluding carboxylic acids is 1. The molecule has 0 aliphatic rings. The van der Waals surface area contributed by atoms with Crippen molar-refractivity contribution in [3.05, 3.63) is 10.4 Å². The zero-order valence-corrected chi connectivity index (χ0v) is 8.07. The molecule has 0 aromatic heterocycles. The highest BCUT2D eigenvalue weighted by Crippen LogP contribution is 2.05. The van der Waals surface area contributed by atoms with Crippen molar-refractivity contribution in [2.24, 2.45) is 5.11 Å². The van der Waals surface area contributed by atoms with Crippen LogP contribution in [0.4, 0.5) is 4.79 Å². The number of hydrogen-bond donors (Lipinski definition) is 1. The summed E-state index contributed by atoms with van der Waals surface area (Å²) in [7, 11) is 0. The number of azide groups is 1. The average molecular weight is 186 g/mol. The van der Waals surface area contributed by atoms with Crippen LogP contribution in [0.15, 0.2) is 5.11 Å². The van der Waals surface area contributed by atoms with Crippen LogP contribution in [0.25, 0.3) is 10.4 Å². The van der Waals surface area contributed by atoms with E-state index in [2.05, 4.69) is 15.3 Å². The lowest BCUT2D eigenvalue weighted by Gasteiger charge is -2.19. The third-order valence-electron chi connectivity index (χ3n) is 0.943. The molecule has 13 heavy (non-hydrogen) atoms. The molecule has 0 bridgehead atoms. The van der Waals surface area contributed by atoms with E-state index < -0.39 is 11.7 Å². The molecule has 6 nitrogen and oxygen atoms in total. The van der Waals surface area contributed by atoms with Crippen molar-refractivity contribution >= 4 is 6.09 Å². The number of carbonyl (C=O) groups is 1. The Balaban J connectivity index is 3.58. The molecule has 0 aliphatic heterocycles. The van der Waals surface area contributed by atoms with Gasteiger partial charge in [0.2, 0.25) is 0 Å². The lowest BCUT2D eigenvalue weighted by molar-refractivity contribution is 0.0529. The summed E-state index contributed by atoms with van der Waals surface area (Å²) in [6.45, 7) is 5.86. The van der Waals surface area contributed by atoms with Crippen LogP contribution in [-0.4, -0.2) is 24.8 Å². The molecule has 0 aromatic carbocycles. The molecular weight excluding hydrogens is 172 g/mol. The van der Waals surface area contributed by atoms with Crippen molar-refractivity contribution in [1.29, 1.82) is 0 Å². The largest absolute Gasteiger partial charge is 0.444 e. The minimum atomic E-state index is -0.499. The second-order valence-corrected chi connectivity index (χ2v) is 3.38. The molecule has 0 heterocycles. The first-order valence-corrected chi connectivity index (χ1v) is 3.93. The number of alkyl carbamates (subject to hydrolysis) is 1. The fourth-order valence-corrected chi connectivity index (χ4v) is 0.567. The zero-order chi connectivity index (χ0) is 10.3. The fraction of sp³-hybridized carbons (Fsp3) is 0.857. The maximum absolute atomic E-state index is 11.0. The minimum Gasteiger partial charge on any atom is -0.444 e. The lowest BCUT2D eigenvalue weighted by atomic mass is 10.2. The van der Waals surface area contributed by atoms with E-state index in [4.69, 9.17) is 10.3 Å². The summed E-state index contributed by atoms with van der Waals surface area (Å²) in [5.74, 6) is 0. The SMILES string of the molecule is CC(C)(C)OC(=O)NCCN=[N+]=[N-]. The predicted molar refractivity (Wildman–Crippen MR) is 48.2 cm³/mol. The van der Waals surface area contributed by atoms with Crippen LogP contribution < -0.4 is 5.32 Å². The Morgan fingerprint density at radius 1 is 1.62 bits per heavy atom. The van der Waals surface area contributed by atoms with Gasteiger partial charge in [0.1, 0.15) is 5.60 Å². The van der Waals surface area contributed by atoms with Gasteiger partial charge in [0.25, 0.3) is 0 Å². The molecule has 0 radical (unpaired) electrons. The van der Waals surface area contributed by atoms with Crippen molar-refractivity contribution in [3.63, 3.8) is 0 Å². The van der Waals surface area contributed by atoms with Gasteiger partial charge in [-0.3, -0.25) is 0 Å². The molecule has 0 spiro atoms.